The van der Waals surface area contributed by atoms with Crippen molar-refractivity contribution < 1.29 is 14.3 Å². The van der Waals surface area contributed by atoms with Crippen LogP contribution in [-0.2, 0) is 20.1 Å². The first-order valence-corrected chi connectivity index (χ1v) is 5.86. The van der Waals surface area contributed by atoms with E-state index < -0.39 is 5.79 Å². The lowest BCUT2D eigenvalue weighted by Crippen LogP contribution is -2.46. The molecule has 1 heterocycles. The number of hydrogen-bond acceptors (Lipinski definition) is 4. The van der Waals surface area contributed by atoms with Gasteiger partial charge in [-0.1, -0.05) is 18.2 Å². The van der Waals surface area contributed by atoms with Gasteiger partial charge in [-0.2, -0.15) is 0 Å². The number of methoxy groups -OCH3 is 2. The van der Waals surface area contributed by atoms with Crippen molar-refractivity contribution in [1.82, 2.24) is 10.3 Å². The number of pyridine rings is 1. The van der Waals surface area contributed by atoms with Crippen molar-refractivity contribution in [3.05, 3.63) is 42.1 Å². The highest BCUT2D eigenvalue weighted by Crippen LogP contribution is 2.31. The molecule has 1 aromatic carbocycles. The molecule has 1 amide bonds. The van der Waals surface area contributed by atoms with Gasteiger partial charge in [0.05, 0.1) is 5.52 Å². The zero-order chi connectivity index (χ0) is 13.9. The van der Waals surface area contributed by atoms with E-state index in [4.69, 9.17) is 9.47 Å². The highest BCUT2D eigenvalue weighted by molar-refractivity contribution is 5.92. The van der Waals surface area contributed by atoms with Gasteiger partial charge in [0, 0.05) is 38.4 Å². The number of carbonyl (C=O) groups excluding carboxylic acids is 1. The fraction of sp³-hybridized carbons (Fsp3) is 0.286. The zero-order valence-corrected chi connectivity index (χ0v) is 11.1. The molecule has 5 heteroatoms. The lowest BCUT2D eigenvalue weighted by atomic mass is 9.99. The van der Waals surface area contributed by atoms with Crippen LogP contribution in [0.4, 0.5) is 0 Å². The number of benzene rings is 1. The molecule has 0 aliphatic rings. The van der Waals surface area contributed by atoms with E-state index in [0.717, 1.165) is 10.9 Å². The number of aromatic nitrogens is 1. The molecule has 0 fully saturated rings. The van der Waals surface area contributed by atoms with Gasteiger partial charge in [-0.25, -0.2) is 0 Å². The fourth-order valence-electron chi connectivity index (χ4n) is 2.17. The second kappa shape index (κ2) is 5.34. The lowest BCUT2D eigenvalue weighted by Gasteiger charge is -2.29. The highest BCUT2D eigenvalue weighted by atomic mass is 16.7. The third-order valence-electron chi connectivity index (χ3n) is 3.10. The Hall–Kier alpha value is -1.98. The number of ether oxygens (including phenoxy) is 2. The van der Waals surface area contributed by atoms with Crippen LogP contribution in [0.1, 0.15) is 5.56 Å². The monoisotopic (exact) mass is 260 g/mol. The third kappa shape index (κ3) is 2.07. The van der Waals surface area contributed by atoms with Gasteiger partial charge in [0.15, 0.2) is 0 Å². The Morgan fingerprint density at radius 1 is 1.21 bits per heavy atom. The Morgan fingerprint density at radius 2 is 1.95 bits per heavy atom. The largest absolute Gasteiger partial charge is 0.354 e. The van der Waals surface area contributed by atoms with E-state index >= 15 is 0 Å². The van der Waals surface area contributed by atoms with Gasteiger partial charge in [0.25, 0.3) is 11.7 Å². The van der Waals surface area contributed by atoms with Gasteiger partial charge in [-0.05, 0) is 12.1 Å². The maximum absolute atomic E-state index is 12.2. The summed E-state index contributed by atoms with van der Waals surface area (Å²) >= 11 is 0. The fourth-order valence-corrected chi connectivity index (χ4v) is 2.17. The topological polar surface area (TPSA) is 60.5 Å². The number of nitrogens with zero attached hydrogens (tertiary/aromatic N) is 1. The molecule has 0 aliphatic carbocycles. The number of likely N-dealkylation sites (N-methyl/N-ethyl adjacent to an activating group) is 1. The maximum atomic E-state index is 12.2. The zero-order valence-electron chi connectivity index (χ0n) is 11.1. The summed E-state index contributed by atoms with van der Waals surface area (Å²) in [6, 6.07) is 9.19. The van der Waals surface area contributed by atoms with E-state index in [1.54, 1.807) is 19.3 Å². The summed E-state index contributed by atoms with van der Waals surface area (Å²) < 4.78 is 10.7. The SMILES string of the molecule is CNC(=O)C(OC)(OC)c1cccc2ncccc12. The van der Waals surface area contributed by atoms with Crippen molar-refractivity contribution in [1.29, 1.82) is 0 Å². The second-order valence-electron chi connectivity index (χ2n) is 3.98. The van der Waals surface area contributed by atoms with Crippen molar-refractivity contribution in [3.8, 4) is 0 Å². The molecule has 5 nitrogen and oxygen atoms in total. The standard InChI is InChI=1S/C14H16N2O3/c1-15-13(17)14(18-2,19-3)11-7-4-8-12-10(11)6-5-9-16-12/h4-9H,1-3H3,(H,15,17). The number of fused-ring (bicyclic) bond motifs is 1. The smallest absolute Gasteiger partial charge is 0.285 e. The molecular weight excluding hydrogens is 244 g/mol. The normalized spacial score (nSPS) is 11.5. The first-order valence-electron chi connectivity index (χ1n) is 5.86. The maximum Gasteiger partial charge on any atom is 0.285 e. The van der Waals surface area contributed by atoms with Crippen LogP contribution in [0.25, 0.3) is 10.9 Å². The van der Waals surface area contributed by atoms with Crippen LogP contribution in [0.5, 0.6) is 0 Å². The van der Waals surface area contributed by atoms with Crippen LogP contribution < -0.4 is 5.32 Å². The number of nitrogens with one attached hydrogen (secondary N) is 1. The summed E-state index contributed by atoms with van der Waals surface area (Å²) in [5.41, 5.74) is 1.41. The van der Waals surface area contributed by atoms with Crippen LogP contribution in [0.3, 0.4) is 0 Å². The van der Waals surface area contributed by atoms with E-state index in [9.17, 15) is 4.79 Å². The molecule has 0 unspecified atom stereocenters. The predicted molar refractivity (Wildman–Crippen MR) is 71.5 cm³/mol. The van der Waals surface area contributed by atoms with E-state index in [0.29, 0.717) is 5.56 Å². The average molecular weight is 260 g/mol. The van der Waals surface area contributed by atoms with Crippen molar-refractivity contribution >= 4 is 16.8 Å². The van der Waals surface area contributed by atoms with Crippen LogP contribution in [0.15, 0.2) is 36.5 Å². The van der Waals surface area contributed by atoms with Gasteiger partial charge in [0.2, 0.25) is 0 Å². The molecule has 2 aromatic rings. The summed E-state index contributed by atoms with van der Waals surface area (Å²) in [6.07, 6.45) is 1.70. The molecule has 0 radical (unpaired) electrons. The Balaban J connectivity index is 2.73. The van der Waals surface area contributed by atoms with Gasteiger partial charge in [-0.15, -0.1) is 0 Å². The van der Waals surface area contributed by atoms with Crippen molar-refractivity contribution in [3.63, 3.8) is 0 Å². The minimum Gasteiger partial charge on any atom is -0.354 e. The van der Waals surface area contributed by atoms with Gasteiger partial charge < -0.3 is 14.8 Å². The molecule has 0 spiro atoms. The Bertz CT molecular complexity index is 589. The number of rotatable bonds is 4. The summed E-state index contributed by atoms with van der Waals surface area (Å²) in [7, 11) is 4.42. The van der Waals surface area contributed by atoms with Crippen LogP contribution in [0, 0.1) is 0 Å². The molecule has 1 N–H and O–H groups in total. The minimum absolute atomic E-state index is 0.367. The molecule has 2 rings (SSSR count). The molecule has 0 bridgehead atoms. The first kappa shape index (κ1) is 13.5. The Kier molecular flexibility index (Phi) is 3.78. The number of carbonyl (C=O) groups is 1. The summed E-state index contributed by atoms with van der Waals surface area (Å²) in [5.74, 6) is -1.84. The van der Waals surface area contributed by atoms with Crippen molar-refractivity contribution in [2.75, 3.05) is 21.3 Å². The molecule has 19 heavy (non-hydrogen) atoms. The Labute approximate surface area is 111 Å². The quantitative estimate of drug-likeness (QED) is 0.845. The summed E-state index contributed by atoms with van der Waals surface area (Å²) in [6.45, 7) is 0. The highest BCUT2D eigenvalue weighted by Gasteiger charge is 2.41. The lowest BCUT2D eigenvalue weighted by molar-refractivity contribution is -0.214. The number of hydrogen-bond donors (Lipinski definition) is 1. The van der Waals surface area contributed by atoms with E-state index in [1.807, 2.05) is 24.3 Å². The van der Waals surface area contributed by atoms with Crippen LogP contribution in [-0.4, -0.2) is 32.2 Å². The van der Waals surface area contributed by atoms with E-state index in [2.05, 4.69) is 10.3 Å². The molecule has 0 aliphatic heterocycles. The van der Waals surface area contributed by atoms with Crippen LogP contribution >= 0.6 is 0 Å². The first-order chi connectivity index (χ1) is 9.19. The van der Waals surface area contributed by atoms with Crippen molar-refractivity contribution in [2.24, 2.45) is 0 Å². The molecule has 100 valence electrons. The Morgan fingerprint density at radius 3 is 2.58 bits per heavy atom. The van der Waals surface area contributed by atoms with Gasteiger partial charge in [0.1, 0.15) is 0 Å². The molecule has 0 saturated carbocycles. The predicted octanol–water partition coefficient (Wildman–Crippen LogP) is 1.43. The average Bonchev–Trinajstić information content (AvgIpc) is 2.49. The second-order valence-corrected chi connectivity index (χ2v) is 3.98. The third-order valence-corrected chi connectivity index (χ3v) is 3.10. The molecule has 0 saturated heterocycles. The van der Waals surface area contributed by atoms with E-state index in [-0.39, 0.29) is 5.91 Å². The molecule has 1 aromatic heterocycles. The summed E-state index contributed by atoms with van der Waals surface area (Å²) in [5, 5.41) is 3.38. The molecular formula is C14H16N2O3. The summed E-state index contributed by atoms with van der Waals surface area (Å²) in [4.78, 5) is 16.4. The van der Waals surface area contributed by atoms with Crippen molar-refractivity contribution in [2.45, 2.75) is 5.79 Å². The van der Waals surface area contributed by atoms with E-state index in [1.165, 1.54) is 14.2 Å². The molecule has 0 atom stereocenters. The van der Waals surface area contributed by atoms with Crippen LogP contribution in [0.2, 0.25) is 0 Å². The van der Waals surface area contributed by atoms with Gasteiger partial charge >= 0.3 is 0 Å². The van der Waals surface area contributed by atoms with Gasteiger partial charge in [-0.3, -0.25) is 9.78 Å². The number of amides is 1. The minimum atomic E-state index is -1.47.